The first-order chi connectivity index (χ1) is 10.2. The molecule has 0 saturated heterocycles. The Morgan fingerprint density at radius 3 is 2.90 bits per heavy atom. The average Bonchev–Trinajstić information content (AvgIpc) is 2.54. The fourth-order valence-corrected chi connectivity index (χ4v) is 3.48. The maximum Gasteiger partial charge on any atom is 0.143 e. The molecule has 0 amide bonds. The second-order valence-electron chi connectivity index (χ2n) is 5.21. The largest absolute Gasteiger partial charge is 0.495 e. The summed E-state index contributed by atoms with van der Waals surface area (Å²) in [5.74, 6) is 1.55. The van der Waals surface area contributed by atoms with Gasteiger partial charge in [-0.2, -0.15) is 5.26 Å². The molecule has 2 unspecified atom stereocenters. The molecule has 1 aromatic rings. The van der Waals surface area contributed by atoms with Crippen molar-refractivity contribution in [1.82, 2.24) is 4.98 Å². The fraction of sp³-hybridized carbons (Fsp3) is 0.294. The van der Waals surface area contributed by atoms with Crippen molar-refractivity contribution >= 4 is 22.0 Å². The smallest absolute Gasteiger partial charge is 0.143 e. The van der Waals surface area contributed by atoms with Crippen LogP contribution in [-0.4, -0.2) is 12.1 Å². The van der Waals surface area contributed by atoms with Crippen molar-refractivity contribution in [2.75, 3.05) is 7.11 Å². The molecule has 0 fully saturated rings. The first kappa shape index (κ1) is 14.1. The number of hydrogen-bond donors (Lipinski definition) is 0. The number of ether oxygens (including phenoxy) is 1. The Balaban J connectivity index is 1.96. The number of hydrogen-bond acceptors (Lipinski definition) is 3. The summed E-state index contributed by atoms with van der Waals surface area (Å²) in [6.45, 7) is 0. The zero-order chi connectivity index (χ0) is 14.8. The molecule has 0 radical (unpaired) electrons. The summed E-state index contributed by atoms with van der Waals surface area (Å²) in [6.07, 6.45) is 14.0. The maximum atomic E-state index is 8.93. The molecule has 0 aromatic carbocycles. The van der Waals surface area contributed by atoms with Gasteiger partial charge >= 0.3 is 0 Å². The molecule has 1 aromatic heterocycles. The van der Waals surface area contributed by atoms with Gasteiger partial charge in [-0.15, -0.1) is 0 Å². The van der Waals surface area contributed by atoms with E-state index in [-0.39, 0.29) is 0 Å². The van der Waals surface area contributed by atoms with Crippen LogP contribution < -0.4 is 4.74 Å². The lowest BCUT2D eigenvalue weighted by Crippen LogP contribution is -2.17. The lowest BCUT2D eigenvalue weighted by molar-refractivity contribution is 0.406. The number of pyridine rings is 1. The molecule has 0 N–H and O–H groups in total. The van der Waals surface area contributed by atoms with E-state index < -0.39 is 0 Å². The maximum absolute atomic E-state index is 8.93. The SMILES string of the molecule is COc1c(Br)cnc2c1C=CCC2C1C=CC(C#N)=CC1. The third kappa shape index (κ3) is 2.54. The monoisotopic (exact) mass is 342 g/mol. The highest BCUT2D eigenvalue weighted by atomic mass is 79.9. The summed E-state index contributed by atoms with van der Waals surface area (Å²) in [7, 11) is 1.68. The summed E-state index contributed by atoms with van der Waals surface area (Å²) in [4.78, 5) is 4.63. The molecule has 1 heterocycles. The Morgan fingerprint density at radius 1 is 1.38 bits per heavy atom. The van der Waals surface area contributed by atoms with Crippen molar-refractivity contribution < 1.29 is 4.74 Å². The minimum atomic E-state index is 0.333. The van der Waals surface area contributed by atoms with Gasteiger partial charge in [0.25, 0.3) is 0 Å². The molecule has 3 rings (SSSR count). The van der Waals surface area contributed by atoms with Crippen LogP contribution >= 0.6 is 15.9 Å². The number of nitrogens with zero attached hydrogens (tertiary/aromatic N) is 2. The molecular formula is C17H15BrN2O. The summed E-state index contributed by atoms with van der Waals surface area (Å²) in [5.41, 5.74) is 2.90. The highest BCUT2D eigenvalue weighted by Gasteiger charge is 2.28. The van der Waals surface area contributed by atoms with Crippen molar-refractivity contribution in [1.29, 1.82) is 5.26 Å². The first-order valence-corrected chi connectivity index (χ1v) is 7.71. The van der Waals surface area contributed by atoms with Gasteiger partial charge in [0, 0.05) is 23.3 Å². The topological polar surface area (TPSA) is 45.9 Å². The third-order valence-electron chi connectivity index (χ3n) is 4.06. The van der Waals surface area contributed by atoms with E-state index in [0.717, 1.165) is 39.9 Å². The summed E-state index contributed by atoms with van der Waals surface area (Å²) < 4.78 is 6.38. The van der Waals surface area contributed by atoms with Crippen molar-refractivity contribution in [3.8, 4) is 11.8 Å². The number of rotatable bonds is 2. The van der Waals surface area contributed by atoms with E-state index in [0.29, 0.717) is 11.8 Å². The molecule has 0 bridgehead atoms. The molecular weight excluding hydrogens is 328 g/mol. The number of methoxy groups -OCH3 is 1. The van der Waals surface area contributed by atoms with Crippen LogP contribution in [-0.2, 0) is 0 Å². The zero-order valence-corrected chi connectivity index (χ0v) is 13.3. The van der Waals surface area contributed by atoms with E-state index in [1.54, 1.807) is 7.11 Å². The van der Waals surface area contributed by atoms with Gasteiger partial charge in [0.05, 0.1) is 23.3 Å². The minimum absolute atomic E-state index is 0.333. The summed E-state index contributed by atoms with van der Waals surface area (Å²) in [6, 6.07) is 2.19. The molecule has 4 heteroatoms. The Hall–Kier alpha value is -1.86. The molecule has 0 spiro atoms. The van der Waals surface area contributed by atoms with Crippen LogP contribution in [0.5, 0.6) is 5.75 Å². The van der Waals surface area contributed by atoms with E-state index in [9.17, 15) is 0 Å². The molecule has 0 aliphatic heterocycles. The van der Waals surface area contributed by atoms with Crippen LogP contribution in [0.1, 0.15) is 30.0 Å². The van der Waals surface area contributed by atoms with E-state index in [1.165, 1.54) is 0 Å². The van der Waals surface area contributed by atoms with Crippen LogP contribution in [0.15, 0.2) is 40.5 Å². The minimum Gasteiger partial charge on any atom is -0.495 e. The van der Waals surface area contributed by atoms with Gasteiger partial charge in [-0.1, -0.05) is 24.3 Å². The van der Waals surface area contributed by atoms with Gasteiger partial charge < -0.3 is 4.74 Å². The normalized spacial score (nSPS) is 23.2. The van der Waals surface area contributed by atoms with Crippen molar-refractivity contribution in [3.63, 3.8) is 0 Å². The highest BCUT2D eigenvalue weighted by Crippen LogP contribution is 2.42. The lowest BCUT2D eigenvalue weighted by Gasteiger charge is -2.28. The molecule has 2 aliphatic carbocycles. The van der Waals surface area contributed by atoms with Crippen LogP contribution in [0.25, 0.3) is 6.08 Å². The Morgan fingerprint density at radius 2 is 2.24 bits per heavy atom. The number of aromatic nitrogens is 1. The molecule has 0 saturated carbocycles. The van der Waals surface area contributed by atoms with Crippen molar-refractivity contribution in [3.05, 3.63) is 51.8 Å². The molecule has 3 nitrogen and oxygen atoms in total. The number of nitriles is 1. The van der Waals surface area contributed by atoms with Gasteiger partial charge in [0.1, 0.15) is 5.75 Å². The molecule has 2 aliphatic rings. The summed E-state index contributed by atoms with van der Waals surface area (Å²) in [5, 5.41) is 8.93. The van der Waals surface area contributed by atoms with Gasteiger partial charge in [0.2, 0.25) is 0 Å². The second-order valence-corrected chi connectivity index (χ2v) is 6.07. The van der Waals surface area contributed by atoms with Crippen molar-refractivity contribution in [2.45, 2.75) is 18.8 Å². The average molecular weight is 343 g/mol. The first-order valence-electron chi connectivity index (χ1n) is 6.92. The molecule has 21 heavy (non-hydrogen) atoms. The number of fused-ring (bicyclic) bond motifs is 1. The molecule has 2 atom stereocenters. The van der Waals surface area contributed by atoms with Gasteiger partial charge in [0.15, 0.2) is 0 Å². The second kappa shape index (κ2) is 5.87. The highest BCUT2D eigenvalue weighted by molar-refractivity contribution is 9.10. The van der Waals surface area contributed by atoms with Crippen molar-refractivity contribution in [2.24, 2.45) is 5.92 Å². The Kier molecular flexibility index (Phi) is 3.94. The van der Waals surface area contributed by atoms with Gasteiger partial charge in [-0.05, 0) is 40.8 Å². The zero-order valence-electron chi connectivity index (χ0n) is 11.7. The number of halogens is 1. The molecule has 106 valence electrons. The van der Waals surface area contributed by atoms with E-state index >= 15 is 0 Å². The number of allylic oxidation sites excluding steroid dienone is 5. The van der Waals surface area contributed by atoms with E-state index in [1.807, 2.05) is 18.3 Å². The Bertz CT molecular complexity index is 697. The van der Waals surface area contributed by atoms with Gasteiger partial charge in [-0.25, -0.2) is 0 Å². The van der Waals surface area contributed by atoms with Crippen LogP contribution in [0.2, 0.25) is 0 Å². The van der Waals surface area contributed by atoms with Crippen LogP contribution in [0.4, 0.5) is 0 Å². The Labute approximate surface area is 132 Å². The summed E-state index contributed by atoms with van der Waals surface area (Å²) >= 11 is 3.49. The standard InChI is InChI=1S/C17H15BrN2O/c1-21-17-14-4-2-3-13(16(14)20-10-15(17)18)12-7-5-11(9-19)6-8-12/h2,4-7,10,12-13H,3,8H2,1H3. The fourth-order valence-electron chi connectivity index (χ4n) is 3.00. The van der Waals surface area contributed by atoms with E-state index in [2.05, 4.69) is 45.2 Å². The van der Waals surface area contributed by atoms with E-state index in [4.69, 9.17) is 10.00 Å². The van der Waals surface area contributed by atoms with Gasteiger partial charge in [-0.3, -0.25) is 4.98 Å². The predicted molar refractivity (Wildman–Crippen MR) is 85.8 cm³/mol. The predicted octanol–water partition coefficient (Wildman–Crippen LogP) is 4.38. The quantitative estimate of drug-likeness (QED) is 0.801. The third-order valence-corrected chi connectivity index (χ3v) is 4.63. The lowest BCUT2D eigenvalue weighted by atomic mass is 9.78. The van der Waals surface area contributed by atoms with Crippen LogP contribution in [0.3, 0.4) is 0 Å². The van der Waals surface area contributed by atoms with Crippen LogP contribution in [0, 0.1) is 17.2 Å².